The highest BCUT2D eigenvalue weighted by Gasteiger charge is 2.14. The van der Waals surface area contributed by atoms with E-state index in [-0.39, 0.29) is 6.10 Å². The van der Waals surface area contributed by atoms with Crippen LogP contribution in [0.25, 0.3) is 0 Å². The van der Waals surface area contributed by atoms with Crippen LogP contribution < -0.4 is 0 Å². The molecule has 0 heterocycles. The van der Waals surface area contributed by atoms with Crippen LogP contribution in [0.3, 0.4) is 0 Å². The van der Waals surface area contributed by atoms with Gasteiger partial charge in [0.2, 0.25) is 0 Å². The highest BCUT2D eigenvalue weighted by atomic mass is 16.6. The van der Waals surface area contributed by atoms with Gasteiger partial charge in [0.05, 0.1) is 12.7 Å². The van der Waals surface area contributed by atoms with Crippen LogP contribution in [-0.4, -0.2) is 41.9 Å². The second-order valence-electron chi connectivity index (χ2n) is 3.51. The Hall–Kier alpha value is -0.160. The van der Waals surface area contributed by atoms with Gasteiger partial charge in [-0.3, -0.25) is 0 Å². The minimum Gasteiger partial charge on any atom is -0.388 e. The first kappa shape index (κ1) is 13.8. The van der Waals surface area contributed by atoms with Crippen molar-refractivity contribution >= 4 is 0 Å². The maximum absolute atomic E-state index is 9.17. The fourth-order valence-corrected chi connectivity index (χ4v) is 0.887. The standard InChI is InChI=1S/C10H22O4/c1-4-5-6-13-7-8(2)14-10(12)9(3)11/h8-12H,4-7H2,1-3H3. The third-order valence-corrected chi connectivity index (χ3v) is 1.78. The van der Waals surface area contributed by atoms with Crippen molar-refractivity contribution in [3.63, 3.8) is 0 Å². The van der Waals surface area contributed by atoms with Crippen molar-refractivity contribution in [1.29, 1.82) is 0 Å². The topological polar surface area (TPSA) is 58.9 Å². The first-order valence-electron chi connectivity index (χ1n) is 5.17. The molecule has 4 nitrogen and oxygen atoms in total. The molecule has 2 N–H and O–H groups in total. The summed E-state index contributed by atoms with van der Waals surface area (Å²) in [6.07, 6.45) is -0.0543. The molecule has 4 heteroatoms. The Labute approximate surface area is 85.8 Å². The Morgan fingerprint density at radius 2 is 1.86 bits per heavy atom. The largest absolute Gasteiger partial charge is 0.388 e. The van der Waals surface area contributed by atoms with Gasteiger partial charge in [-0.15, -0.1) is 0 Å². The number of ether oxygens (including phenoxy) is 2. The van der Waals surface area contributed by atoms with E-state index in [0.717, 1.165) is 19.4 Å². The van der Waals surface area contributed by atoms with Crippen molar-refractivity contribution in [3.05, 3.63) is 0 Å². The summed E-state index contributed by atoms with van der Waals surface area (Å²) < 4.78 is 10.4. The SMILES string of the molecule is CCCCOCC(C)OC(O)C(C)O. The summed E-state index contributed by atoms with van der Waals surface area (Å²) in [6.45, 7) is 6.55. The van der Waals surface area contributed by atoms with Gasteiger partial charge in [0.15, 0.2) is 6.29 Å². The molecule has 0 aromatic carbocycles. The lowest BCUT2D eigenvalue weighted by Crippen LogP contribution is -2.31. The lowest BCUT2D eigenvalue weighted by molar-refractivity contribution is -0.189. The molecule has 0 aromatic rings. The maximum atomic E-state index is 9.17. The Balaban J connectivity index is 3.40. The Morgan fingerprint density at radius 3 is 2.36 bits per heavy atom. The summed E-state index contributed by atoms with van der Waals surface area (Å²) in [7, 11) is 0. The zero-order chi connectivity index (χ0) is 11.0. The zero-order valence-electron chi connectivity index (χ0n) is 9.27. The lowest BCUT2D eigenvalue weighted by Gasteiger charge is -2.19. The molecule has 0 aliphatic heterocycles. The summed E-state index contributed by atoms with van der Waals surface area (Å²) in [5.74, 6) is 0. The summed E-state index contributed by atoms with van der Waals surface area (Å²) >= 11 is 0. The fourth-order valence-electron chi connectivity index (χ4n) is 0.887. The van der Waals surface area contributed by atoms with Crippen molar-refractivity contribution in [2.24, 2.45) is 0 Å². The molecule has 3 atom stereocenters. The van der Waals surface area contributed by atoms with Gasteiger partial charge >= 0.3 is 0 Å². The van der Waals surface area contributed by atoms with E-state index in [1.54, 1.807) is 6.92 Å². The molecule has 0 rings (SSSR count). The van der Waals surface area contributed by atoms with Crippen LogP contribution in [0, 0.1) is 0 Å². The molecular weight excluding hydrogens is 184 g/mol. The number of unbranched alkanes of at least 4 members (excludes halogenated alkanes) is 1. The molecule has 0 saturated carbocycles. The predicted octanol–water partition coefficient (Wildman–Crippen LogP) is 0.907. The average Bonchev–Trinajstić information content (AvgIpc) is 2.12. The predicted molar refractivity (Wildman–Crippen MR) is 54.0 cm³/mol. The van der Waals surface area contributed by atoms with E-state index >= 15 is 0 Å². The molecule has 0 bridgehead atoms. The van der Waals surface area contributed by atoms with Crippen LogP contribution in [0.2, 0.25) is 0 Å². The molecule has 0 amide bonds. The van der Waals surface area contributed by atoms with Crippen molar-refractivity contribution in [1.82, 2.24) is 0 Å². The molecular formula is C10H22O4. The van der Waals surface area contributed by atoms with Crippen molar-refractivity contribution in [3.8, 4) is 0 Å². The van der Waals surface area contributed by atoms with Gasteiger partial charge in [-0.25, -0.2) is 0 Å². The third kappa shape index (κ3) is 7.26. The quantitative estimate of drug-likeness (QED) is 0.458. The van der Waals surface area contributed by atoms with Gasteiger partial charge < -0.3 is 19.7 Å². The molecule has 0 fully saturated rings. The number of rotatable bonds is 8. The van der Waals surface area contributed by atoms with Gasteiger partial charge in [-0.2, -0.15) is 0 Å². The van der Waals surface area contributed by atoms with E-state index in [1.165, 1.54) is 6.92 Å². The Bertz CT molecular complexity index is 127. The third-order valence-electron chi connectivity index (χ3n) is 1.78. The van der Waals surface area contributed by atoms with Gasteiger partial charge in [0, 0.05) is 6.61 Å². The summed E-state index contributed by atoms with van der Waals surface area (Å²) in [5.41, 5.74) is 0. The summed E-state index contributed by atoms with van der Waals surface area (Å²) in [4.78, 5) is 0. The van der Waals surface area contributed by atoms with Crippen LogP contribution in [0.5, 0.6) is 0 Å². The van der Waals surface area contributed by atoms with Crippen LogP contribution in [0.1, 0.15) is 33.6 Å². The van der Waals surface area contributed by atoms with Crippen molar-refractivity contribution in [2.75, 3.05) is 13.2 Å². The second-order valence-corrected chi connectivity index (χ2v) is 3.51. The summed E-state index contributed by atoms with van der Waals surface area (Å²) in [5, 5.41) is 18.1. The monoisotopic (exact) mass is 206 g/mol. The number of hydrogen-bond donors (Lipinski definition) is 2. The van der Waals surface area contributed by atoms with E-state index in [2.05, 4.69) is 6.92 Å². The van der Waals surface area contributed by atoms with Gasteiger partial charge in [-0.05, 0) is 20.3 Å². The summed E-state index contributed by atoms with van der Waals surface area (Å²) in [6, 6.07) is 0. The van der Waals surface area contributed by atoms with Crippen LogP contribution in [0.15, 0.2) is 0 Å². The molecule has 0 aliphatic carbocycles. The number of hydrogen-bond acceptors (Lipinski definition) is 4. The number of aliphatic hydroxyl groups excluding tert-OH is 2. The highest BCUT2D eigenvalue weighted by molar-refractivity contribution is 4.54. The van der Waals surface area contributed by atoms with Crippen LogP contribution in [-0.2, 0) is 9.47 Å². The van der Waals surface area contributed by atoms with E-state index in [9.17, 15) is 5.11 Å². The molecule has 14 heavy (non-hydrogen) atoms. The van der Waals surface area contributed by atoms with E-state index in [4.69, 9.17) is 14.6 Å². The second kappa shape index (κ2) is 8.17. The first-order chi connectivity index (χ1) is 6.57. The average molecular weight is 206 g/mol. The molecule has 0 radical (unpaired) electrons. The van der Waals surface area contributed by atoms with Crippen LogP contribution in [0.4, 0.5) is 0 Å². The zero-order valence-corrected chi connectivity index (χ0v) is 9.27. The van der Waals surface area contributed by atoms with Crippen molar-refractivity contribution in [2.45, 2.75) is 52.1 Å². The minimum absolute atomic E-state index is 0.198. The molecule has 3 unspecified atom stereocenters. The van der Waals surface area contributed by atoms with Crippen molar-refractivity contribution < 1.29 is 19.7 Å². The Morgan fingerprint density at radius 1 is 1.21 bits per heavy atom. The smallest absolute Gasteiger partial charge is 0.180 e. The van der Waals surface area contributed by atoms with E-state index in [0.29, 0.717) is 6.61 Å². The molecule has 86 valence electrons. The van der Waals surface area contributed by atoms with Gasteiger partial charge in [0.1, 0.15) is 6.10 Å². The molecule has 0 aliphatic rings. The minimum atomic E-state index is -1.13. The fraction of sp³-hybridized carbons (Fsp3) is 1.00. The molecule has 0 saturated heterocycles. The lowest BCUT2D eigenvalue weighted by atomic mass is 10.3. The normalized spacial score (nSPS) is 17.8. The van der Waals surface area contributed by atoms with Gasteiger partial charge in [0.25, 0.3) is 0 Å². The molecule has 0 aromatic heterocycles. The Kier molecular flexibility index (Phi) is 8.08. The van der Waals surface area contributed by atoms with E-state index in [1.807, 2.05) is 0 Å². The van der Waals surface area contributed by atoms with E-state index < -0.39 is 12.4 Å². The number of aliphatic hydroxyl groups is 2. The highest BCUT2D eigenvalue weighted by Crippen LogP contribution is 2.01. The molecule has 0 spiro atoms. The maximum Gasteiger partial charge on any atom is 0.180 e. The van der Waals surface area contributed by atoms with Crippen LogP contribution >= 0.6 is 0 Å². The first-order valence-corrected chi connectivity index (χ1v) is 5.17. The van der Waals surface area contributed by atoms with Gasteiger partial charge in [-0.1, -0.05) is 13.3 Å².